The summed E-state index contributed by atoms with van der Waals surface area (Å²) >= 11 is 19.4. The maximum absolute atomic E-state index is 9.53. The molecule has 0 amide bonds. The first-order valence-electron chi connectivity index (χ1n) is 36.3. The maximum Gasteiger partial charge on any atom is 0.260 e. The zero-order chi connectivity index (χ0) is 84.5. The molecule has 33 heteroatoms. The normalized spacial score (nSPS) is 10.7. The molecule has 15 aromatic rings. The summed E-state index contributed by atoms with van der Waals surface area (Å²) in [5, 5.41) is 50.4. The van der Waals surface area contributed by atoms with Gasteiger partial charge in [0.05, 0.1) is 72.3 Å². The molecule has 0 saturated heterocycles. The molecule has 0 spiro atoms. The number of hydrogen-bond donors (Lipinski definition) is 3. The maximum atomic E-state index is 9.53. The largest absolute Gasteiger partial charge is 0.506 e. The van der Waals surface area contributed by atoms with Crippen molar-refractivity contribution in [1.82, 2.24) is 73.8 Å². The van der Waals surface area contributed by atoms with E-state index < -0.39 is 10.8 Å². The van der Waals surface area contributed by atoms with E-state index in [1.807, 2.05) is 131 Å². The van der Waals surface area contributed by atoms with Crippen molar-refractivity contribution in [3.05, 3.63) is 364 Å². The van der Waals surface area contributed by atoms with Crippen molar-refractivity contribution in [2.24, 2.45) is 11.8 Å². The monoisotopic (exact) mass is 1700 g/mol. The van der Waals surface area contributed by atoms with E-state index in [2.05, 4.69) is 146 Å². The van der Waals surface area contributed by atoms with Gasteiger partial charge < -0.3 is 18.2 Å². The number of nitriles is 2. The van der Waals surface area contributed by atoms with Crippen LogP contribution in [0.4, 0.5) is 5.69 Å². The predicted octanol–water partition coefficient (Wildman–Crippen LogP) is 18.0. The van der Waals surface area contributed by atoms with E-state index in [-0.39, 0.29) is 10.8 Å². The third-order valence-electron chi connectivity index (χ3n) is 17.6. The van der Waals surface area contributed by atoms with Crippen LogP contribution in [0.5, 0.6) is 23.0 Å². The topological polar surface area (TPSA) is 342 Å². The molecule has 0 radical (unpaired) electrons. The molecule has 0 aliphatic rings. The molecule has 5 heterocycles. The summed E-state index contributed by atoms with van der Waals surface area (Å²) in [5.74, 6) is 17.4. The number of halogens is 3. The van der Waals surface area contributed by atoms with E-state index >= 15 is 0 Å². The van der Waals surface area contributed by atoms with Crippen molar-refractivity contribution in [1.29, 1.82) is 10.5 Å². The van der Waals surface area contributed by atoms with Crippen LogP contribution in [0.2, 0.25) is 15.1 Å². The smallest absolute Gasteiger partial charge is 0.260 e. The van der Waals surface area contributed by atoms with Crippen LogP contribution < -0.4 is 24.9 Å². The second-order valence-corrected chi connectivity index (χ2v) is 29.2. The minimum Gasteiger partial charge on any atom is -0.506 e. The Kier molecular flexibility index (Phi) is 32.1. The number of phenols is 1. The molecule has 0 aliphatic carbocycles. The van der Waals surface area contributed by atoms with Crippen molar-refractivity contribution in [3.63, 3.8) is 0 Å². The van der Waals surface area contributed by atoms with Gasteiger partial charge >= 0.3 is 0 Å². The summed E-state index contributed by atoms with van der Waals surface area (Å²) in [4.78, 5) is 31.1. The number of aromatic hydroxyl groups is 1. The molecule has 0 aliphatic heterocycles. The molecule has 28 nitrogen and oxygen atoms in total. The first-order chi connectivity index (χ1) is 58.3. The Morgan fingerprint density at radius 2 is 0.917 bits per heavy atom. The molecule has 0 saturated carbocycles. The Morgan fingerprint density at radius 1 is 0.433 bits per heavy atom. The number of nitrogens with two attached hydrogens (primary N) is 2. The predicted molar refractivity (Wildman–Crippen MR) is 457 cm³/mol. The van der Waals surface area contributed by atoms with Gasteiger partial charge in [0.25, 0.3) is 24.6 Å². The molecule has 0 unspecified atom stereocenters. The number of hydrogen-bond acceptors (Lipinski definition) is 24. The van der Waals surface area contributed by atoms with Crippen molar-refractivity contribution in [2.45, 2.75) is 77.9 Å². The fourth-order valence-electron chi connectivity index (χ4n) is 11.4. The molecule has 5 N–H and O–H groups in total. The average molecular weight is 1700 g/mol. The Labute approximate surface area is 715 Å². The van der Waals surface area contributed by atoms with E-state index in [1.165, 1.54) is 37.7 Å². The molecule has 0 bridgehead atoms. The molecule has 10 aromatic carbocycles. The van der Waals surface area contributed by atoms with E-state index in [4.69, 9.17) is 66.3 Å². The zero-order valence-electron chi connectivity index (χ0n) is 64.8. The van der Waals surface area contributed by atoms with Gasteiger partial charge in [0.1, 0.15) is 87.1 Å². The van der Waals surface area contributed by atoms with E-state index in [0.717, 1.165) is 94.8 Å². The van der Waals surface area contributed by atoms with E-state index in [1.54, 1.807) is 116 Å². The fraction of sp³-hybridized carbons (Fsp3) is 0.138. The van der Waals surface area contributed by atoms with Crippen LogP contribution in [-0.2, 0) is 68.8 Å². The second kappa shape index (κ2) is 44.1. The summed E-state index contributed by atoms with van der Waals surface area (Å²) in [6, 6.07) is 74.1. The summed E-state index contributed by atoms with van der Waals surface area (Å²) in [6.07, 6.45) is 15.9. The number of benzene rings is 10. The number of nitrogens with zero attached hydrogens (tertiary/aromatic N) is 18. The van der Waals surface area contributed by atoms with Gasteiger partial charge in [-0.15, -0.1) is 18.6 Å². The molecular weight excluding hydrogens is 1620 g/mol. The molecular formula is C87H75Cl3N20O8S2. The standard InChI is InChI=1S/C19H17ClN4.C19H18N4.C17H13ClN4O3S.C16H11ClN4O.C16H16N4O4S/c1-19(2,11-21)17-7-14(10-24-13-22-12-23-24)6-16(8-17)15-4-3-5-18(20)9-15;1-19(2,12-20)18-9-15(11-23-14-21-13-22-23)8-17(10-18)16-6-4-3-5-7-16;18-16-9-14(6-7-17(16)23-26-25-24-19)5-4-13-2-1-3-15(8-13)10-22-12-20-11-21-22;1-18-15-4-2-11(8-21-10-19-9-20-21)6-13(15)12-3-5-16(22)14(17)7-12;17-23-24-25-22-16-7-5-15(6-8-16)21-10-14-3-1-13(2-4-14)9-20-12-18-11-19-20/h3-9,12-13H,10H2,1-2H3;3-10,13-14H,11H2,1-2H3;1-3,6-9,11-12H,10,19H2;2-7,9-10,22H,8H2;1-8,11-12H,9-10,17H2. The summed E-state index contributed by atoms with van der Waals surface area (Å²) < 4.78 is 33.5. The lowest BCUT2D eigenvalue weighted by molar-refractivity contribution is -0.199. The Balaban J connectivity index is 0.000000147. The average Bonchev–Trinajstić information content (AvgIpc) is 1.00. The Bertz CT molecular complexity index is 5950. The quantitative estimate of drug-likeness (QED) is 0.0113. The molecule has 15 rings (SSSR count). The second-order valence-electron chi connectivity index (χ2n) is 27.1. The molecule has 0 atom stereocenters. The highest BCUT2D eigenvalue weighted by molar-refractivity contribution is 7.90. The minimum atomic E-state index is -0.578. The van der Waals surface area contributed by atoms with Crippen molar-refractivity contribution < 1.29 is 36.9 Å². The Hall–Kier alpha value is -13.5. The first kappa shape index (κ1) is 87.3. The number of rotatable bonds is 26. The highest BCUT2D eigenvalue weighted by Gasteiger charge is 2.23. The SMILES string of the molecule is CC(C)(C#N)c1cc(Cn2cncn2)cc(-c2cccc(Cl)c2)c1.CC(C)(C#N)c1cc(Cn2cncn2)cc(-c2ccccc2)c1.NOOSOc1ccc(C#Cc2cccc(Cn3cncn3)c2)cc1Cl.NOOSOc1ccc(OCc2ccc(Cn3cncn3)cc2)cc1.[C-]#[N+]c1ccc(Cn2cncn2)cc1-c1ccc(O)c(Cl)c1. The van der Waals surface area contributed by atoms with Crippen molar-refractivity contribution >= 4 is 65.1 Å². The van der Waals surface area contributed by atoms with E-state index in [0.29, 0.717) is 91.2 Å². The van der Waals surface area contributed by atoms with Crippen LogP contribution in [0.15, 0.2) is 282 Å². The summed E-state index contributed by atoms with van der Waals surface area (Å²) in [6.45, 7) is 18.6. The van der Waals surface area contributed by atoms with Crippen LogP contribution >= 0.6 is 59.5 Å². The lowest BCUT2D eigenvalue weighted by Gasteiger charge is -2.19. The number of phenolic OH excluding ortho intramolecular Hbond substituents is 1. The van der Waals surface area contributed by atoms with Gasteiger partial charge in [-0.1, -0.05) is 162 Å². The third-order valence-corrected chi connectivity index (χ3v) is 19.2. The van der Waals surface area contributed by atoms with E-state index in [9.17, 15) is 15.6 Å². The lowest BCUT2D eigenvalue weighted by atomic mass is 9.83. The van der Waals surface area contributed by atoms with Crippen LogP contribution in [0.3, 0.4) is 0 Å². The van der Waals surface area contributed by atoms with Gasteiger partial charge in [-0.2, -0.15) is 47.8 Å². The van der Waals surface area contributed by atoms with Gasteiger partial charge in [0.2, 0.25) is 0 Å². The molecule has 120 heavy (non-hydrogen) atoms. The number of ether oxygens (including phenoxy) is 1. The fourth-order valence-corrected chi connectivity index (χ4v) is 12.6. The number of aromatic nitrogens is 15. The Morgan fingerprint density at radius 3 is 1.43 bits per heavy atom. The van der Waals surface area contributed by atoms with Gasteiger partial charge in [-0.05, 0) is 209 Å². The summed E-state index contributed by atoms with van der Waals surface area (Å²) in [7, 11) is 0. The van der Waals surface area contributed by atoms with Crippen molar-refractivity contribution in [2.75, 3.05) is 0 Å². The highest BCUT2D eigenvalue weighted by atomic mass is 35.5. The summed E-state index contributed by atoms with van der Waals surface area (Å²) in [5.41, 5.74) is 15.4. The van der Waals surface area contributed by atoms with Crippen LogP contribution in [0, 0.1) is 41.1 Å². The molecule has 604 valence electrons. The van der Waals surface area contributed by atoms with Crippen LogP contribution in [0.1, 0.15) is 83.3 Å². The van der Waals surface area contributed by atoms with Gasteiger partial charge in [0.15, 0.2) is 11.4 Å². The molecule has 0 fully saturated rings. The van der Waals surface area contributed by atoms with Gasteiger partial charge in [-0.25, -0.2) is 53.2 Å². The highest BCUT2D eigenvalue weighted by Crippen LogP contribution is 2.37. The zero-order valence-corrected chi connectivity index (χ0v) is 68.7. The van der Waals surface area contributed by atoms with Crippen LogP contribution in [0.25, 0.3) is 38.2 Å². The van der Waals surface area contributed by atoms with Gasteiger partial charge in [0, 0.05) is 16.1 Å². The van der Waals surface area contributed by atoms with Crippen LogP contribution in [-0.4, -0.2) is 78.9 Å². The lowest BCUT2D eigenvalue weighted by Crippen LogP contribution is -2.15. The minimum absolute atomic E-state index is 0.0218. The first-order valence-corrected chi connectivity index (χ1v) is 38.8. The van der Waals surface area contributed by atoms with Gasteiger partial charge in [-0.3, -0.25) is 0 Å². The molecule has 5 aromatic heterocycles. The third kappa shape index (κ3) is 26.7. The van der Waals surface area contributed by atoms with Crippen molar-refractivity contribution in [3.8, 4) is 80.4 Å².